The Morgan fingerprint density at radius 1 is 1.50 bits per heavy atom. The number of nitrogens with two attached hydrogens (primary N) is 1. The molecule has 0 spiro atoms. The molecule has 1 aromatic rings. The van der Waals surface area contributed by atoms with Gasteiger partial charge < -0.3 is 10.5 Å². The predicted molar refractivity (Wildman–Crippen MR) is 67.4 cm³/mol. The molecule has 7 nitrogen and oxygen atoms in total. The number of nitrogens with one attached hydrogen (secondary N) is 1. The van der Waals surface area contributed by atoms with E-state index in [0.717, 1.165) is 0 Å². The topological polar surface area (TPSA) is 99.2 Å². The van der Waals surface area contributed by atoms with E-state index in [2.05, 4.69) is 9.82 Å². The number of rotatable bonds is 5. The van der Waals surface area contributed by atoms with Gasteiger partial charge in [-0.1, -0.05) is 0 Å². The van der Waals surface area contributed by atoms with Crippen molar-refractivity contribution in [2.45, 2.75) is 24.6 Å². The van der Waals surface area contributed by atoms with Crippen LogP contribution in [0.5, 0.6) is 0 Å². The third kappa shape index (κ3) is 3.44. The first kappa shape index (κ1) is 13.3. The molecule has 0 aliphatic carbocycles. The lowest BCUT2D eigenvalue weighted by atomic mass is 10.2. The zero-order chi connectivity index (χ0) is 13.0. The summed E-state index contributed by atoms with van der Waals surface area (Å²) in [7, 11) is -3.25. The molecule has 0 amide bonds. The first-order valence-corrected chi connectivity index (χ1v) is 7.47. The Bertz CT molecular complexity index is 479. The normalized spacial score (nSPS) is 18.0. The van der Waals surface area contributed by atoms with Crippen LogP contribution in [0.25, 0.3) is 0 Å². The van der Waals surface area contributed by atoms with Crippen molar-refractivity contribution in [1.29, 1.82) is 0 Å². The van der Waals surface area contributed by atoms with E-state index in [1.807, 2.05) is 0 Å². The minimum atomic E-state index is -3.25. The molecule has 3 N–H and O–H groups in total. The van der Waals surface area contributed by atoms with Crippen molar-refractivity contribution in [3.8, 4) is 0 Å². The van der Waals surface area contributed by atoms with Crippen LogP contribution in [0, 0.1) is 0 Å². The third-order valence-corrected chi connectivity index (χ3v) is 4.86. The van der Waals surface area contributed by atoms with Gasteiger partial charge in [-0.05, 0) is 12.8 Å². The number of nitrogen functional groups attached to an aromatic ring is 1. The number of anilines is 1. The van der Waals surface area contributed by atoms with Crippen LogP contribution in [-0.2, 0) is 21.3 Å². The van der Waals surface area contributed by atoms with E-state index in [9.17, 15) is 8.42 Å². The summed E-state index contributed by atoms with van der Waals surface area (Å²) in [4.78, 5) is 0. The molecule has 102 valence electrons. The summed E-state index contributed by atoms with van der Waals surface area (Å²) in [6.45, 7) is 1.82. The summed E-state index contributed by atoms with van der Waals surface area (Å²) in [5.41, 5.74) is 6.09. The molecule has 0 aromatic carbocycles. The maximum absolute atomic E-state index is 12.0. The lowest BCUT2D eigenvalue weighted by Crippen LogP contribution is -2.39. The highest BCUT2D eigenvalue weighted by Gasteiger charge is 2.26. The highest BCUT2D eigenvalue weighted by molar-refractivity contribution is 7.90. The number of ether oxygens (including phenoxy) is 1. The number of hydrogen-bond acceptors (Lipinski definition) is 5. The molecule has 0 saturated carbocycles. The van der Waals surface area contributed by atoms with Crippen LogP contribution in [0.4, 0.5) is 5.69 Å². The molecular weight excluding hydrogens is 256 g/mol. The van der Waals surface area contributed by atoms with Crippen molar-refractivity contribution in [3.63, 3.8) is 0 Å². The van der Waals surface area contributed by atoms with Gasteiger partial charge in [-0.2, -0.15) is 5.10 Å². The summed E-state index contributed by atoms with van der Waals surface area (Å²) in [5, 5.41) is 3.65. The smallest absolute Gasteiger partial charge is 0.214 e. The van der Waals surface area contributed by atoms with Crippen molar-refractivity contribution in [1.82, 2.24) is 14.5 Å². The molecule has 18 heavy (non-hydrogen) atoms. The molecule has 2 rings (SSSR count). The highest BCUT2D eigenvalue weighted by atomic mass is 32.2. The maximum Gasteiger partial charge on any atom is 0.214 e. The second-order valence-electron chi connectivity index (χ2n) is 4.29. The average molecular weight is 274 g/mol. The standard InChI is InChI=1S/C10H18N4O3S/c11-9-7-12-14(8-9)4-3-13-18(15,16)10-1-5-17-6-2-10/h7-8,10,13H,1-6,11H2. The zero-order valence-electron chi connectivity index (χ0n) is 10.1. The summed E-state index contributed by atoms with van der Waals surface area (Å²) >= 11 is 0. The minimum Gasteiger partial charge on any atom is -0.396 e. The number of aromatic nitrogens is 2. The maximum atomic E-state index is 12.0. The number of hydrogen-bond donors (Lipinski definition) is 2. The predicted octanol–water partition coefficient (Wildman–Crippen LogP) is -0.436. The van der Waals surface area contributed by atoms with E-state index in [4.69, 9.17) is 10.5 Å². The largest absolute Gasteiger partial charge is 0.396 e. The van der Waals surface area contributed by atoms with Gasteiger partial charge in [0.2, 0.25) is 10.0 Å². The Hall–Kier alpha value is -1.12. The molecule has 1 aliphatic heterocycles. The lowest BCUT2D eigenvalue weighted by molar-refractivity contribution is 0.0981. The van der Waals surface area contributed by atoms with Crippen molar-refractivity contribution in [2.24, 2.45) is 0 Å². The molecule has 1 saturated heterocycles. The molecule has 0 atom stereocenters. The molecule has 1 aromatic heterocycles. The molecule has 1 fully saturated rings. The van der Waals surface area contributed by atoms with Crippen molar-refractivity contribution in [2.75, 3.05) is 25.5 Å². The van der Waals surface area contributed by atoms with Gasteiger partial charge in [0.05, 0.1) is 23.7 Å². The fourth-order valence-corrected chi connectivity index (χ4v) is 3.33. The Morgan fingerprint density at radius 3 is 2.83 bits per heavy atom. The van der Waals surface area contributed by atoms with E-state index in [1.54, 1.807) is 10.9 Å². The Morgan fingerprint density at radius 2 is 2.22 bits per heavy atom. The number of sulfonamides is 1. The average Bonchev–Trinajstić information content (AvgIpc) is 2.76. The minimum absolute atomic E-state index is 0.320. The van der Waals surface area contributed by atoms with Crippen LogP contribution in [0.15, 0.2) is 12.4 Å². The van der Waals surface area contributed by atoms with Gasteiger partial charge in [-0.15, -0.1) is 0 Å². The van der Waals surface area contributed by atoms with E-state index in [0.29, 0.717) is 44.8 Å². The molecule has 2 heterocycles. The second kappa shape index (κ2) is 5.68. The summed E-state index contributed by atoms with van der Waals surface area (Å²) in [5.74, 6) is 0. The van der Waals surface area contributed by atoms with Crippen LogP contribution in [0.1, 0.15) is 12.8 Å². The number of nitrogens with zero attached hydrogens (tertiary/aromatic N) is 2. The fourth-order valence-electron chi connectivity index (χ4n) is 1.91. The first-order valence-electron chi connectivity index (χ1n) is 5.92. The van der Waals surface area contributed by atoms with Crippen LogP contribution in [-0.4, -0.2) is 43.2 Å². The first-order chi connectivity index (χ1) is 8.58. The Balaban J connectivity index is 1.81. The van der Waals surface area contributed by atoms with Crippen molar-refractivity contribution < 1.29 is 13.2 Å². The Labute approximate surface area is 106 Å². The van der Waals surface area contributed by atoms with E-state index < -0.39 is 10.0 Å². The van der Waals surface area contributed by atoms with Crippen molar-refractivity contribution >= 4 is 15.7 Å². The summed E-state index contributed by atoms with van der Waals surface area (Å²) in [6.07, 6.45) is 4.32. The van der Waals surface area contributed by atoms with E-state index >= 15 is 0 Å². The third-order valence-electron chi connectivity index (χ3n) is 2.90. The lowest BCUT2D eigenvalue weighted by Gasteiger charge is -2.22. The summed E-state index contributed by atoms with van der Waals surface area (Å²) < 4.78 is 33.3. The van der Waals surface area contributed by atoms with Crippen LogP contribution < -0.4 is 10.5 Å². The van der Waals surface area contributed by atoms with Gasteiger partial charge in [-0.25, -0.2) is 13.1 Å². The second-order valence-corrected chi connectivity index (χ2v) is 6.33. The zero-order valence-corrected chi connectivity index (χ0v) is 10.9. The quantitative estimate of drug-likeness (QED) is 0.758. The molecule has 0 unspecified atom stereocenters. The van der Waals surface area contributed by atoms with Gasteiger partial charge in [0, 0.05) is 26.0 Å². The van der Waals surface area contributed by atoms with Crippen LogP contribution in [0.2, 0.25) is 0 Å². The highest BCUT2D eigenvalue weighted by Crippen LogP contribution is 2.14. The SMILES string of the molecule is Nc1cnn(CCNS(=O)(=O)C2CCOCC2)c1. The fraction of sp³-hybridized carbons (Fsp3) is 0.700. The summed E-state index contributed by atoms with van der Waals surface area (Å²) in [6, 6.07) is 0. The van der Waals surface area contributed by atoms with Gasteiger partial charge in [0.15, 0.2) is 0 Å². The molecular formula is C10H18N4O3S. The molecule has 0 radical (unpaired) electrons. The Kier molecular flexibility index (Phi) is 4.20. The van der Waals surface area contributed by atoms with Gasteiger partial charge in [0.1, 0.15) is 0 Å². The van der Waals surface area contributed by atoms with E-state index in [-0.39, 0.29) is 5.25 Å². The van der Waals surface area contributed by atoms with Gasteiger partial charge in [-0.3, -0.25) is 4.68 Å². The molecule has 1 aliphatic rings. The van der Waals surface area contributed by atoms with Crippen LogP contribution in [0.3, 0.4) is 0 Å². The monoisotopic (exact) mass is 274 g/mol. The van der Waals surface area contributed by atoms with Crippen molar-refractivity contribution in [3.05, 3.63) is 12.4 Å². The van der Waals surface area contributed by atoms with Gasteiger partial charge in [0.25, 0.3) is 0 Å². The van der Waals surface area contributed by atoms with E-state index in [1.165, 1.54) is 6.20 Å². The molecule has 0 bridgehead atoms. The van der Waals surface area contributed by atoms with Crippen LogP contribution >= 0.6 is 0 Å². The van der Waals surface area contributed by atoms with Gasteiger partial charge >= 0.3 is 0 Å². The molecule has 8 heteroatoms.